The molecule has 0 unspecified atom stereocenters. The Kier molecular flexibility index (Phi) is 7.30. The fraction of sp³-hybridized carbons (Fsp3) is 0.263. The largest absolute Gasteiger partial charge is 0.484 e. The molecule has 1 atom stereocenters. The van der Waals surface area contributed by atoms with Crippen LogP contribution in [0.3, 0.4) is 0 Å². The average molecular weight is 395 g/mol. The molecule has 0 aliphatic carbocycles. The van der Waals surface area contributed by atoms with E-state index in [-0.39, 0.29) is 25.0 Å². The minimum absolute atomic E-state index is 0.200. The molecule has 0 aliphatic heterocycles. The Balaban J connectivity index is 2.15. The van der Waals surface area contributed by atoms with E-state index in [4.69, 9.17) is 27.9 Å². The van der Waals surface area contributed by atoms with Crippen LogP contribution in [0, 0.1) is 0 Å². The molecule has 138 valence electrons. The van der Waals surface area contributed by atoms with E-state index in [0.717, 1.165) is 5.56 Å². The van der Waals surface area contributed by atoms with E-state index in [1.807, 2.05) is 18.2 Å². The van der Waals surface area contributed by atoms with Crippen LogP contribution in [0.15, 0.2) is 48.5 Å². The number of nitrogens with zero attached hydrogens (tertiary/aromatic N) is 1. The first kappa shape index (κ1) is 20.1. The summed E-state index contributed by atoms with van der Waals surface area (Å²) in [5, 5.41) is 3.61. The summed E-state index contributed by atoms with van der Waals surface area (Å²) < 4.78 is 5.52. The molecular formula is C19H20Cl2N2O3. The van der Waals surface area contributed by atoms with E-state index in [9.17, 15) is 9.59 Å². The maximum Gasteiger partial charge on any atom is 0.261 e. The second kappa shape index (κ2) is 9.46. The van der Waals surface area contributed by atoms with Crippen molar-refractivity contribution in [3.8, 4) is 5.75 Å². The van der Waals surface area contributed by atoms with Gasteiger partial charge in [0.25, 0.3) is 5.91 Å². The third-order valence-corrected chi connectivity index (χ3v) is 4.47. The number of rotatable bonds is 7. The molecular weight excluding hydrogens is 375 g/mol. The van der Waals surface area contributed by atoms with Crippen molar-refractivity contribution in [2.45, 2.75) is 19.5 Å². The normalized spacial score (nSPS) is 11.5. The number of ether oxygens (including phenoxy) is 1. The van der Waals surface area contributed by atoms with Gasteiger partial charge in [-0.05, 0) is 36.8 Å². The maximum atomic E-state index is 12.7. The van der Waals surface area contributed by atoms with Crippen LogP contribution in [0.4, 0.5) is 0 Å². The summed E-state index contributed by atoms with van der Waals surface area (Å²) in [6, 6.07) is 13.3. The van der Waals surface area contributed by atoms with E-state index in [1.54, 1.807) is 37.3 Å². The molecule has 0 radical (unpaired) electrons. The van der Waals surface area contributed by atoms with Gasteiger partial charge in [0, 0.05) is 23.6 Å². The van der Waals surface area contributed by atoms with Crippen LogP contribution in [-0.4, -0.2) is 36.4 Å². The minimum Gasteiger partial charge on any atom is -0.484 e. The molecule has 0 saturated heterocycles. The Morgan fingerprint density at radius 2 is 1.88 bits per heavy atom. The van der Waals surface area contributed by atoms with Crippen molar-refractivity contribution in [2.24, 2.45) is 0 Å². The number of carbonyl (C=O) groups excluding carboxylic acids is 2. The first-order chi connectivity index (χ1) is 12.4. The molecule has 0 heterocycles. The van der Waals surface area contributed by atoms with E-state index in [1.165, 1.54) is 11.9 Å². The molecule has 0 bridgehead atoms. The molecule has 5 nitrogen and oxygen atoms in total. The van der Waals surface area contributed by atoms with Gasteiger partial charge in [-0.3, -0.25) is 9.59 Å². The van der Waals surface area contributed by atoms with Gasteiger partial charge in [-0.15, -0.1) is 0 Å². The van der Waals surface area contributed by atoms with Crippen LogP contribution < -0.4 is 10.1 Å². The van der Waals surface area contributed by atoms with Gasteiger partial charge in [0.2, 0.25) is 5.91 Å². The van der Waals surface area contributed by atoms with Gasteiger partial charge in [0.15, 0.2) is 6.61 Å². The van der Waals surface area contributed by atoms with Crippen LogP contribution in [0.2, 0.25) is 10.0 Å². The zero-order chi connectivity index (χ0) is 19.1. The van der Waals surface area contributed by atoms with Crippen molar-refractivity contribution in [1.29, 1.82) is 0 Å². The van der Waals surface area contributed by atoms with E-state index in [2.05, 4.69) is 5.32 Å². The predicted octanol–water partition coefficient (Wildman–Crippen LogP) is 3.54. The Morgan fingerprint density at radius 1 is 1.15 bits per heavy atom. The lowest BCUT2D eigenvalue weighted by Crippen LogP contribution is -2.48. The lowest BCUT2D eigenvalue weighted by Gasteiger charge is -2.28. The zero-order valence-electron chi connectivity index (χ0n) is 14.5. The molecule has 0 fully saturated rings. The molecule has 0 spiro atoms. The number of hydrogen-bond acceptors (Lipinski definition) is 3. The molecule has 0 saturated carbocycles. The Morgan fingerprint density at radius 3 is 2.54 bits per heavy atom. The zero-order valence-corrected chi connectivity index (χ0v) is 16.1. The van der Waals surface area contributed by atoms with Crippen molar-refractivity contribution in [2.75, 3.05) is 13.7 Å². The average Bonchev–Trinajstić information content (AvgIpc) is 2.64. The van der Waals surface area contributed by atoms with Crippen LogP contribution in [0.25, 0.3) is 0 Å². The third-order valence-electron chi connectivity index (χ3n) is 3.87. The summed E-state index contributed by atoms with van der Waals surface area (Å²) in [7, 11) is 1.53. The van der Waals surface area contributed by atoms with E-state index in [0.29, 0.717) is 15.8 Å². The quantitative estimate of drug-likeness (QED) is 0.780. The van der Waals surface area contributed by atoms with Crippen LogP contribution in [0.5, 0.6) is 5.75 Å². The Hall–Kier alpha value is -2.24. The van der Waals surface area contributed by atoms with Crippen molar-refractivity contribution >= 4 is 35.0 Å². The molecule has 2 aromatic rings. The Bertz CT molecular complexity index is 783. The van der Waals surface area contributed by atoms with Gasteiger partial charge in [-0.1, -0.05) is 47.5 Å². The number of amides is 2. The van der Waals surface area contributed by atoms with E-state index >= 15 is 0 Å². The summed E-state index contributed by atoms with van der Waals surface area (Å²) in [6.45, 7) is 1.64. The van der Waals surface area contributed by atoms with Gasteiger partial charge in [0.05, 0.1) is 0 Å². The monoisotopic (exact) mass is 394 g/mol. The molecule has 2 amide bonds. The maximum absolute atomic E-state index is 12.7. The van der Waals surface area contributed by atoms with Gasteiger partial charge in [-0.25, -0.2) is 0 Å². The van der Waals surface area contributed by atoms with Crippen LogP contribution in [0.1, 0.15) is 12.5 Å². The highest BCUT2D eigenvalue weighted by molar-refractivity contribution is 6.31. The highest BCUT2D eigenvalue weighted by Gasteiger charge is 2.26. The number of hydrogen-bond donors (Lipinski definition) is 1. The van der Waals surface area contributed by atoms with E-state index < -0.39 is 6.04 Å². The molecule has 7 heteroatoms. The lowest BCUT2D eigenvalue weighted by molar-refractivity contribution is -0.142. The van der Waals surface area contributed by atoms with Gasteiger partial charge in [0.1, 0.15) is 11.8 Å². The fourth-order valence-electron chi connectivity index (χ4n) is 2.39. The summed E-state index contributed by atoms with van der Waals surface area (Å²) in [4.78, 5) is 26.2. The van der Waals surface area contributed by atoms with Crippen molar-refractivity contribution in [1.82, 2.24) is 10.2 Å². The highest BCUT2D eigenvalue weighted by Crippen LogP contribution is 2.20. The molecule has 0 aliphatic rings. The number of halogens is 2. The second-order valence-corrected chi connectivity index (χ2v) is 6.49. The SMILES string of the molecule is CNC(=O)[C@@H](C)N(Cc1ccccc1Cl)C(=O)COc1cccc(Cl)c1. The molecule has 26 heavy (non-hydrogen) atoms. The van der Waals surface area contributed by atoms with Crippen LogP contribution in [-0.2, 0) is 16.1 Å². The van der Waals surface area contributed by atoms with Crippen molar-refractivity contribution in [3.63, 3.8) is 0 Å². The highest BCUT2D eigenvalue weighted by atomic mass is 35.5. The van der Waals surface area contributed by atoms with Crippen molar-refractivity contribution in [3.05, 3.63) is 64.1 Å². The van der Waals surface area contributed by atoms with Gasteiger partial charge < -0.3 is 15.0 Å². The standard InChI is InChI=1S/C19H20Cl2N2O3/c1-13(19(25)22-2)23(11-14-6-3-4-9-17(14)21)18(24)12-26-16-8-5-7-15(20)10-16/h3-10,13H,11-12H2,1-2H3,(H,22,25)/t13-/m1/s1. The predicted molar refractivity (Wildman–Crippen MR) is 102 cm³/mol. The summed E-state index contributed by atoms with van der Waals surface area (Å²) in [5.41, 5.74) is 0.751. The van der Waals surface area contributed by atoms with Gasteiger partial charge >= 0.3 is 0 Å². The molecule has 0 aromatic heterocycles. The molecule has 2 aromatic carbocycles. The Labute approximate surface area is 162 Å². The molecule has 1 N–H and O–H groups in total. The summed E-state index contributed by atoms with van der Waals surface area (Å²) in [5.74, 6) is -0.120. The van der Waals surface area contributed by atoms with Crippen LogP contribution >= 0.6 is 23.2 Å². The van der Waals surface area contributed by atoms with Gasteiger partial charge in [-0.2, -0.15) is 0 Å². The minimum atomic E-state index is -0.674. The summed E-state index contributed by atoms with van der Waals surface area (Å²) in [6.07, 6.45) is 0. The first-order valence-electron chi connectivity index (χ1n) is 8.05. The topological polar surface area (TPSA) is 58.6 Å². The smallest absolute Gasteiger partial charge is 0.261 e. The molecule has 2 rings (SSSR count). The third kappa shape index (κ3) is 5.38. The first-order valence-corrected chi connectivity index (χ1v) is 8.80. The van der Waals surface area contributed by atoms with Crippen molar-refractivity contribution < 1.29 is 14.3 Å². The fourth-order valence-corrected chi connectivity index (χ4v) is 2.76. The number of carbonyl (C=O) groups is 2. The lowest BCUT2D eigenvalue weighted by atomic mass is 10.1. The number of likely N-dealkylation sites (N-methyl/N-ethyl adjacent to an activating group) is 1. The number of benzene rings is 2. The number of nitrogens with one attached hydrogen (secondary N) is 1. The second-order valence-electron chi connectivity index (χ2n) is 5.65. The summed E-state index contributed by atoms with van der Waals surface area (Å²) >= 11 is 12.1.